The number of nitrogens with zero attached hydrogens (tertiary/aromatic N) is 1. The van der Waals surface area contributed by atoms with E-state index in [1.807, 2.05) is 0 Å². The molecule has 0 heterocycles. The zero-order chi connectivity index (χ0) is 8.91. The van der Waals surface area contributed by atoms with Crippen molar-refractivity contribution in [2.45, 2.75) is 5.79 Å². The van der Waals surface area contributed by atoms with Crippen LogP contribution in [0.4, 0.5) is 0 Å². The summed E-state index contributed by atoms with van der Waals surface area (Å²) in [5.41, 5.74) is 0. The Kier molecular flexibility index (Phi) is 3.94. The van der Waals surface area contributed by atoms with Crippen LogP contribution in [-0.4, -0.2) is 43.2 Å². The molecule has 0 aliphatic heterocycles. The molecule has 6 nitrogen and oxygen atoms in total. The van der Waals surface area contributed by atoms with Crippen LogP contribution >= 0.6 is 0 Å². The summed E-state index contributed by atoms with van der Waals surface area (Å²) in [7, 11) is 2.51. The average Bonchev–Trinajstić information content (AvgIpc) is 1.87. The van der Waals surface area contributed by atoms with Crippen molar-refractivity contribution in [1.29, 1.82) is 0 Å². The molecule has 0 bridgehead atoms. The normalized spacial score (nSPS) is 15.9. The molecule has 0 aromatic rings. The van der Waals surface area contributed by atoms with Gasteiger partial charge in [0.25, 0.3) is 12.3 Å². The van der Waals surface area contributed by atoms with E-state index in [1.165, 1.54) is 14.2 Å². The highest BCUT2D eigenvalue weighted by molar-refractivity contribution is 4.63. The Bertz CT molecular complexity index is 139. The fraction of sp³-hybridized carbons (Fsp3) is 1.00. The summed E-state index contributed by atoms with van der Waals surface area (Å²) in [4.78, 5) is 9.29. The summed E-state index contributed by atoms with van der Waals surface area (Å²) in [6, 6.07) is 0. The highest BCUT2D eigenvalue weighted by Gasteiger charge is 2.32. The van der Waals surface area contributed by atoms with Crippen LogP contribution in [0.15, 0.2) is 0 Å². The lowest BCUT2D eigenvalue weighted by Gasteiger charge is -2.20. The van der Waals surface area contributed by atoms with Gasteiger partial charge < -0.3 is 14.6 Å². The van der Waals surface area contributed by atoms with Gasteiger partial charge in [-0.1, -0.05) is 0 Å². The summed E-state index contributed by atoms with van der Waals surface area (Å²) in [6.07, 6.45) is 0. The van der Waals surface area contributed by atoms with Gasteiger partial charge in [-0.2, -0.15) is 0 Å². The van der Waals surface area contributed by atoms with Gasteiger partial charge in [0.15, 0.2) is 0 Å². The number of nitro groups is 1. The Morgan fingerprint density at radius 1 is 1.64 bits per heavy atom. The molecule has 0 aromatic heterocycles. The minimum atomic E-state index is -1.81. The second-order valence-corrected chi connectivity index (χ2v) is 2.07. The monoisotopic (exact) mass is 165 g/mol. The first-order valence-electron chi connectivity index (χ1n) is 2.92. The van der Waals surface area contributed by atoms with Gasteiger partial charge in [0.1, 0.15) is 6.61 Å². The zero-order valence-electron chi connectivity index (χ0n) is 6.44. The van der Waals surface area contributed by atoms with Gasteiger partial charge in [-0.25, -0.2) is 0 Å². The van der Waals surface area contributed by atoms with Crippen LogP contribution < -0.4 is 0 Å². The maximum Gasteiger partial charge on any atom is 0.259 e. The number of hydrogen-bond donors (Lipinski definition) is 1. The van der Waals surface area contributed by atoms with Crippen molar-refractivity contribution in [3.8, 4) is 0 Å². The molecule has 11 heavy (non-hydrogen) atoms. The number of hydrogen-bond acceptors (Lipinski definition) is 5. The molecule has 0 aromatic carbocycles. The van der Waals surface area contributed by atoms with Gasteiger partial charge in [0.05, 0.1) is 0 Å². The largest absolute Gasteiger partial charge is 0.379 e. The third-order valence-electron chi connectivity index (χ3n) is 1.13. The Balaban J connectivity index is 3.98. The van der Waals surface area contributed by atoms with Crippen molar-refractivity contribution in [2.24, 2.45) is 0 Å². The van der Waals surface area contributed by atoms with Gasteiger partial charge >= 0.3 is 0 Å². The molecule has 0 aliphatic carbocycles. The third-order valence-corrected chi connectivity index (χ3v) is 1.13. The summed E-state index contributed by atoms with van der Waals surface area (Å²) < 4.78 is 9.00. The van der Waals surface area contributed by atoms with Crippen LogP contribution in [0, 0.1) is 10.1 Å². The summed E-state index contributed by atoms with van der Waals surface area (Å²) in [5, 5.41) is 19.2. The minimum Gasteiger partial charge on any atom is -0.379 e. The van der Waals surface area contributed by atoms with Crippen molar-refractivity contribution >= 4 is 0 Å². The fourth-order valence-electron chi connectivity index (χ4n) is 0.596. The lowest BCUT2D eigenvalue weighted by molar-refractivity contribution is -0.520. The Morgan fingerprint density at radius 2 is 2.18 bits per heavy atom. The third kappa shape index (κ3) is 3.87. The minimum absolute atomic E-state index is 0.218. The van der Waals surface area contributed by atoms with Crippen molar-refractivity contribution < 1.29 is 19.5 Å². The van der Waals surface area contributed by atoms with E-state index in [2.05, 4.69) is 9.47 Å². The molecule has 1 N–H and O–H groups in total. The first-order chi connectivity index (χ1) is 5.04. The van der Waals surface area contributed by atoms with Crippen LogP contribution in [-0.2, 0) is 9.47 Å². The second kappa shape index (κ2) is 4.22. The van der Waals surface area contributed by atoms with Gasteiger partial charge in [0.2, 0.25) is 0 Å². The van der Waals surface area contributed by atoms with Gasteiger partial charge in [-0.3, -0.25) is 10.1 Å². The fourth-order valence-corrected chi connectivity index (χ4v) is 0.596. The number of methoxy groups -OCH3 is 2. The first-order valence-corrected chi connectivity index (χ1v) is 2.92. The van der Waals surface area contributed by atoms with E-state index in [9.17, 15) is 15.2 Å². The molecule has 1 atom stereocenters. The molecule has 0 radical (unpaired) electrons. The first kappa shape index (κ1) is 10.3. The van der Waals surface area contributed by atoms with E-state index < -0.39 is 17.3 Å². The number of rotatable bonds is 5. The van der Waals surface area contributed by atoms with Crippen LogP contribution in [0.3, 0.4) is 0 Å². The maximum atomic E-state index is 9.96. The average molecular weight is 165 g/mol. The highest BCUT2D eigenvalue weighted by Crippen LogP contribution is 2.05. The van der Waals surface area contributed by atoms with E-state index in [4.69, 9.17) is 0 Å². The van der Waals surface area contributed by atoms with Crippen molar-refractivity contribution in [3.05, 3.63) is 10.1 Å². The molecule has 0 saturated carbocycles. The van der Waals surface area contributed by atoms with Crippen molar-refractivity contribution in [3.63, 3.8) is 0 Å². The molecule has 0 fully saturated rings. The molecule has 66 valence electrons. The van der Waals surface area contributed by atoms with Crippen LogP contribution in [0.2, 0.25) is 0 Å². The van der Waals surface area contributed by atoms with Crippen LogP contribution in [0.5, 0.6) is 0 Å². The lowest BCUT2D eigenvalue weighted by atomic mass is 10.3. The van der Waals surface area contributed by atoms with E-state index in [0.717, 1.165) is 0 Å². The van der Waals surface area contributed by atoms with E-state index in [1.54, 1.807) is 0 Å². The van der Waals surface area contributed by atoms with E-state index in [-0.39, 0.29) is 6.61 Å². The molecule has 0 aliphatic rings. The SMILES string of the molecule is COCC(O)(C[N+](=O)[O-])OC. The van der Waals surface area contributed by atoms with E-state index in [0.29, 0.717) is 0 Å². The predicted octanol–water partition coefficient (Wildman–Crippen LogP) is -0.755. The second-order valence-electron chi connectivity index (χ2n) is 2.07. The molecule has 0 amide bonds. The zero-order valence-corrected chi connectivity index (χ0v) is 6.44. The van der Waals surface area contributed by atoms with Crippen molar-refractivity contribution in [1.82, 2.24) is 0 Å². The van der Waals surface area contributed by atoms with E-state index >= 15 is 0 Å². The predicted molar refractivity (Wildman–Crippen MR) is 35.7 cm³/mol. The standard InChI is InChI=1S/C5H11NO5/c1-10-4-5(7,11-2)3-6(8)9/h7H,3-4H2,1-2H3. The Labute approximate surface area is 63.9 Å². The smallest absolute Gasteiger partial charge is 0.259 e. The van der Waals surface area contributed by atoms with Crippen LogP contribution in [0.1, 0.15) is 0 Å². The Morgan fingerprint density at radius 3 is 2.45 bits per heavy atom. The number of aliphatic hydroxyl groups is 1. The molecular formula is C5H11NO5. The van der Waals surface area contributed by atoms with Gasteiger partial charge in [0, 0.05) is 19.1 Å². The van der Waals surface area contributed by atoms with Crippen LogP contribution in [0.25, 0.3) is 0 Å². The summed E-state index contributed by atoms with van der Waals surface area (Å²) in [5.74, 6) is -1.81. The van der Waals surface area contributed by atoms with Crippen molar-refractivity contribution in [2.75, 3.05) is 27.4 Å². The molecule has 0 saturated heterocycles. The Hall–Kier alpha value is -0.720. The highest BCUT2D eigenvalue weighted by atomic mass is 16.7. The molecule has 0 rings (SSSR count). The topological polar surface area (TPSA) is 81.8 Å². The van der Waals surface area contributed by atoms with Gasteiger partial charge in [-0.15, -0.1) is 0 Å². The quantitative estimate of drug-likeness (QED) is 0.329. The summed E-state index contributed by atoms with van der Waals surface area (Å²) in [6.45, 7) is -0.901. The van der Waals surface area contributed by atoms with Gasteiger partial charge in [-0.05, 0) is 0 Å². The maximum absolute atomic E-state index is 9.96. The lowest BCUT2D eigenvalue weighted by Crippen LogP contribution is -2.43. The molecular weight excluding hydrogens is 154 g/mol. The number of ether oxygens (including phenoxy) is 2. The summed E-state index contributed by atoms with van der Waals surface area (Å²) >= 11 is 0. The molecule has 6 heteroatoms. The molecule has 1 unspecified atom stereocenters. The molecule has 0 spiro atoms.